The van der Waals surface area contributed by atoms with E-state index in [1.54, 1.807) is 0 Å². The van der Waals surface area contributed by atoms with E-state index in [-0.39, 0.29) is 12.1 Å². The lowest BCUT2D eigenvalue weighted by Gasteiger charge is -2.30. The van der Waals surface area contributed by atoms with Crippen LogP contribution >= 0.6 is 0 Å². The molecule has 0 saturated carbocycles. The van der Waals surface area contributed by atoms with Crippen LogP contribution in [0.5, 0.6) is 0 Å². The lowest BCUT2D eigenvalue weighted by atomic mass is 9.93. The molecule has 1 heterocycles. The molecule has 0 fully saturated rings. The van der Waals surface area contributed by atoms with Crippen LogP contribution in [0.25, 0.3) is 0 Å². The van der Waals surface area contributed by atoms with Crippen LogP contribution in [0.3, 0.4) is 0 Å². The maximum Gasteiger partial charge on any atom is 0.0769 e. The van der Waals surface area contributed by atoms with E-state index in [1.165, 1.54) is 11.1 Å². The number of benzene rings is 1. The first-order valence-electron chi connectivity index (χ1n) is 4.78. The lowest BCUT2D eigenvalue weighted by Crippen LogP contribution is -2.33. The monoisotopic (exact) mass is 177 g/mol. The molecule has 2 nitrogen and oxygen atoms in total. The van der Waals surface area contributed by atoms with Crippen molar-refractivity contribution in [2.75, 3.05) is 0 Å². The standard InChI is InChI=1S/C11H15NO/c1-2-10-11(12)9-6-4-3-5-8(9)7-13-10/h3-6,10-11H,2,7,12H2,1H3/t10?,11-/m1/s1. The van der Waals surface area contributed by atoms with E-state index in [4.69, 9.17) is 10.5 Å². The van der Waals surface area contributed by atoms with E-state index < -0.39 is 0 Å². The van der Waals surface area contributed by atoms with Crippen molar-refractivity contribution in [2.45, 2.75) is 32.1 Å². The first kappa shape index (κ1) is 8.73. The molecule has 0 bridgehead atoms. The predicted octanol–water partition coefficient (Wildman–Crippen LogP) is 2.00. The Labute approximate surface area is 78.7 Å². The fourth-order valence-electron chi connectivity index (χ4n) is 1.86. The van der Waals surface area contributed by atoms with Crippen molar-refractivity contribution in [3.05, 3.63) is 35.4 Å². The SMILES string of the molecule is CCC1OCc2ccccc2[C@H]1N. The average molecular weight is 177 g/mol. The lowest BCUT2D eigenvalue weighted by molar-refractivity contribution is 0.00680. The summed E-state index contributed by atoms with van der Waals surface area (Å²) in [6, 6.07) is 8.31. The number of ether oxygens (including phenoxy) is 1. The number of rotatable bonds is 1. The van der Waals surface area contributed by atoms with Crippen molar-refractivity contribution in [3.63, 3.8) is 0 Å². The molecule has 2 atom stereocenters. The molecule has 0 aromatic heterocycles. The predicted molar refractivity (Wildman–Crippen MR) is 52.2 cm³/mol. The van der Waals surface area contributed by atoms with Crippen LogP contribution in [-0.2, 0) is 11.3 Å². The molecule has 1 aromatic carbocycles. The maximum atomic E-state index is 6.08. The highest BCUT2D eigenvalue weighted by Gasteiger charge is 2.25. The normalized spacial score (nSPS) is 26.9. The van der Waals surface area contributed by atoms with Gasteiger partial charge in [-0.05, 0) is 17.5 Å². The molecule has 1 aromatic rings. The van der Waals surface area contributed by atoms with Crippen molar-refractivity contribution in [1.82, 2.24) is 0 Å². The first-order chi connectivity index (χ1) is 6.33. The minimum atomic E-state index is 0.0509. The van der Waals surface area contributed by atoms with Crippen molar-refractivity contribution < 1.29 is 4.74 Å². The van der Waals surface area contributed by atoms with Crippen molar-refractivity contribution in [2.24, 2.45) is 5.73 Å². The Balaban J connectivity index is 2.33. The molecule has 13 heavy (non-hydrogen) atoms. The largest absolute Gasteiger partial charge is 0.372 e. The summed E-state index contributed by atoms with van der Waals surface area (Å²) in [5.74, 6) is 0. The molecular formula is C11H15NO. The van der Waals surface area contributed by atoms with Gasteiger partial charge in [0.2, 0.25) is 0 Å². The summed E-state index contributed by atoms with van der Waals surface area (Å²) < 4.78 is 5.64. The highest BCUT2D eigenvalue weighted by Crippen LogP contribution is 2.28. The molecule has 0 aliphatic carbocycles. The van der Waals surface area contributed by atoms with Crippen LogP contribution in [0.4, 0.5) is 0 Å². The summed E-state index contributed by atoms with van der Waals surface area (Å²) in [5.41, 5.74) is 8.56. The molecular weight excluding hydrogens is 162 g/mol. The van der Waals surface area contributed by atoms with E-state index in [1.807, 2.05) is 12.1 Å². The second-order valence-electron chi connectivity index (χ2n) is 3.48. The highest BCUT2D eigenvalue weighted by atomic mass is 16.5. The number of fused-ring (bicyclic) bond motifs is 1. The first-order valence-corrected chi connectivity index (χ1v) is 4.78. The Morgan fingerprint density at radius 2 is 2.23 bits per heavy atom. The fraction of sp³-hybridized carbons (Fsp3) is 0.455. The molecule has 0 saturated heterocycles. The van der Waals surface area contributed by atoms with Gasteiger partial charge in [-0.2, -0.15) is 0 Å². The third kappa shape index (κ3) is 1.47. The van der Waals surface area contributed by atoms with Gasteiger partial charge in [-0.3, -0.25) is 0 Å². The van der Waals surface area contributed by atoms with Crippen LogP contribution in [-0.4, -0.2) is 6.10 Å². The summed E-state index contributed by atoms with van der Waals surface area (Å²) in [4.78, 5) is 0. The Morgan fingerprint density at radius 1 is 1.46 bits per heavy atom. The molecule has 1 aliphatic rings. The average Bonchev–Trinajstić information content (AvgIpc) is 2.19. The van der Waals surface area contributed by atoms with Gasteiger partial charge in [0.1, 0.15) is 0 Å². The molecule has 1 unspecified atom stereocenters. The van der Waals surface area contributed by atoms with Gasteiger partial charge < -0.3 is 10.5 Å². The van der Waals surface area contributed by atoms with Gasteiger partial charge >= 0.3 is 0 Å². The summed E-state index contributed by atoms with van der Waals surface area (Å²) >= 11 is 0. The number of hydrogen-bond donors (Lipinski definition) is 1. The van der Waals surface area contributed by atoms with Crippen LogP contribution in [0.1, 0.15) is 30.5 Å². The molecule has 0 amide bonds. The van der Waals surface area contributed by atoms with E-state index >= 15 is 0 Å². The molecule has 0 spiro atoms. The fourth-order valence-corrected chi connectivity index (χ4v) is 1.86. The van der Waals surface area contributed by atoms with E-state index in [0.29, 0.717) is 6.61 Å². The van der Waals surface area contributed by atoms with Gasteiger partial charge in [0, 0.05) is 0 Å². The van der Waals surface area contributed by atoms with Crippen molar-refractivity contribution in [3.8, 4) is 0 Å². The Morgan fingerprint density at radius 3 is 3.00 bits per heavy atom. The highest BCUT2D eigenvalue weighted by molar-refractivity contribution is 5.31. The van der Waals surface area contributed by atoms with Crippen LogP contribution < -0.4 is 5.73 Å². The second kappa shape index (κ2) is 3.48. The van der Waals surface area contributed by atoms with E-state index in [9.17, 15) is 0 Å². The zero-order valence-electron chi connectivity index (χ0n) is 7.86. The van der Waals surface area contributed by atoms with Gasteiger partial charge in [0.15, 0.2) is 0 Å². The maximum absolute atomic E-state index is 6.08. The van der Waals surface area contributed by atoms with Crippen LogP contribution in [0.15, 0.2) is 24.3 Å². The van der Waals surface area contributed by atoms with Crippen LogP contribution in [0, 0.1) is 0 Å². The minimum absolute atomic E-state index is 0.0509. The third-order valence-corrected chi connectivity index (χ3v) is 2.67. The molecule has 2 N–H and O–H groups in total. The van der Waals surface area contributed by atoms with E-state index in [0.717, 1.165) is 6.42 Å². The summed E-state index contributed by atoms with van der Waals surface area (Å²) in [5, 5.41) is 0. The second-order valence-corrected chi connectivity index (χ2v) is 3.48. The summed E-state index contributed by atoms with van der Waals surface area (Å²) in [7, 11) is 0. The zero-order chi connectivity index (χ0) is 9.26. The smallest absolute Gasteiger partial charge is 0.0769 e. The van der Waals surface area contributed by atoms with Gasteiger partial charge in [-0.25, -0.2) is 0 Å². The summed E-state index contributed by atoms with van der Waals surface area (Å²) in [6.07, 6.45) is 1.17. The Hall–Kier alpha value is -0.860. The molecule has 2 rings (SSSR count). The molecule has 0 radical (unpaired) electrons. The summed E-state index contributed by atoms with van der Waals surface area (Å²) in [6.45, 7) is 2.82. The van der Waals surface area contributed by atoms with Gasteiger partial charge in [-0.15, -0.1) is 0 Å². The van der Waals surface area contributed by atoms with Crippen molar-refractivity contribution in [1.29, 1.82) is 0 Å². The topological polar surface area (TPSA) is 35.2 Å². The molecule has 1 aliphatic heterocycles. The quantitative estimate of drug-likeness (QED) is 0.712. The van der Waals surface area contributed by atoms with Crippen LogP contribution in [0.2, 0.25) is 0 Å². The Bertz CT molecular complexity index is 298. The molecule has 70 valence electrons. The third-order valence-electron chi connectivity index (χ3n) is 2.67. The van der Waals surface area contributed by atoms with Gasteiger partial charge in [-0.1, -0.05) is 31.2 Å². The van der Waals surface area contributed by atoms with Gasteiger partial charge in [0.05, 0.1) is 18.8 Å². The molecule has 2 heteroatoms. The van der Waals surface area contributed by atoms with Gasteiger partial charge in [0.25, 0.3) is 0 Å². The number of nitrogens with two attached hydrogens (primary N) is 1. The van der Waals surface area contributed by atoms with E-state index in [2.05, 4.69) is 19.1 Å². The minimum Gasteiger partial charge on any atom is -0.372 e. The zero-order valence-corrected chi connectivity index (χ0v) is 7.86. The number of hydrogen-bond acceptors (Lipinski definition) is 2. The van der Waals surface area contributed by atoms with Crippen molar-refractivity contribution >= 4 is 0 Å². The Kier molecular flexibility index (Phi) is 2.34.